The number of aryl methyl sites for hydroxylation is 1. The third-order valence-corrected chi connectivity index (χ3v) is 2.94. The minimum atomic E-state index is -0.338. The highest BCUT2D eigenvalue weighted by atomic mass is 16.1. The highest BCUT2D eigenvalue weighted by Gasteiger charge is 2.11. The topological polar surface area (TPSA) is 94.3 Å². The van der Waals surface area contributed by atoms with E-state index in [1.54, 1.807) is 16.8 Å². The Hall–Kier alpha value is -1.82. The number of nitrogens with zero attached hydrogens (tertiary/aromatic N) is 2. The molecule has 0 aliphatic heterocycles. The number of hydrogen-bond acceptors (Lipinski definition) is 4. The van der Waals surface area contributed by atoms with Crippen molar-refractivity contribution in [1.82, 2.24) is 9.47 Å². The lowest BCUT2D eigenvalue weighted by atomic mass is 10.2. The summed E-state index contributed by atoms with van der Waals surface area (Å²) in [5.41, 5.74) is 11.3. The molecule has 0 aliphatic carbocycles. The first-order chi connectivity index (χ1) is 8.90. The number of anilines is 1. The highest BCUT2D eigenvalue weighted by molar-refractivity contribution is 5.75. The van der Waals surface area contributed by atoms with Crippen LogP contribution in [-0.4, -0.2) is 34.5 Å². The van der Waals surface area contributed by atoms with Crippen LogP contribution in [0.25, 0.3) is 0 Å². The van der Waals surface area contributed by atoms with Crippen molar-refractivity contribution in [3.8, 4) is 0 Å². The average Bonchev–Trinajstić information content (AvgIpc) is 2.31. The molecule has 6 heteroatoms. The van der Waals surface area contributed by atoms with Crippen molar-refractivity contribution in [3.63, 3.8) is 0 Å². The van der Waals surface area contributed by atoms with Gasteiger partial charge in [0.05, 0.1) is 6.54 Å². The first-order valence-corrected chi connectivity index (χ1v) is 6.38. The molecule has 6 nitrogen and oxygen atoms in total. The smallest absolute Gasteiger partial charge is 0.250 e. The van der Waals surface area contributed by atoms with Crippen LogP contribution in [0.5, 0.6) is 0 Å². The van der Waals surface area contributed by atoms with Crippen LogP contribution in [0.3, 0.4) is 0 Å². The summed E-state index contributed by atoms with van der Waals surface area (Å²) < 4.78 is 1.58. The van der Waals surface area contributed by atoms with Crippen LogP contribution in [0.4, 0.5) is 5.69 Å². The summed E-state index contributed by atoms with van der Waals surface area (Å²) in [7, 11) is 0. The fraction of sp³-hybridized carbons (Fsp3) is 0.538. The van der Waals surface area contributed by atoms with E-state index >= 15 is 0 Å². The summed E-state index contributed by atoms with van der Waals surface area (Å²) in [5.74, 6) is -0.338. The highest BCUT2D eigenvalue weighted by Crippen LogP contribution is 2.01. The first kappa shape index (κ1) is 15.2. The maximum absolute atomic E-state index is 11.6. The number of nitrogens with two attached hydrogens (primary N) is 2. The number of carbonyl (C=O) groups excluding carboxylic acids is 1. The Morgan fingerprint density at radius 3 is 2.68 bits per heavy atom. The van der Waals surface area contributed by atoms with Crippen molar-refractivity contribution < 1.29 is 4.79 Å². The van der Waals surface area contributed by atoms with E-state index in [9.17, 15) is 9.59 Å². The minimum Gasteiger partial charge on any atom is -0.398 e. The van der Waals surface area contributed by atoms with Crippen LogP contribution in [-0.2, 0) is 11.3 Å². The van der Waals surface area contributed by atoms with Crippen molar-refractivity contribution in [1.29, 1.82) is 0 Å². The van der Waals surface area contributed by atoms with E-state index in [-0.39, 0.29) is 24.1 Å². The molecule has 1 aromatic rings. The Morgan fingerprint density at radius 2 is 2.11 bits per heavy atom. The molecular formula is C13H22N4O2. The number of nitrogen functional groups attached to an aromatic ring is 1. The molecule has 4 N–H and O–H groups in total. The lowest BCUT2D eigenvalue weighted by Crippen LogP contribution is -2.39. The van der Waals surface area contributed by atoms with Gasteiger partial charge in [-0.15, -0.1) is 0 Å². The van der Waals surface area contributed by atoms with E-state index in [1.165, 1.54) is 6.07 Å². The van der Waals surface area contributed by atoms with Crippen LogP contribution < -0.4 is 17.0 Å². The number of rotatable bonds is 7. The van der Waals surface area contributed by atoms with Crippen molar-refractivity contribution in [3.05, 3.63) is 28.7 Å². The van der Waals surface area contributed by atoms with Gasteiger partial charge in [-0.25, -0.2) is 0 Å². The van der Waals surface area contributed by atoms with Crippen molar-refractivity contribution >= 4 is 11.6 Å². The van der Waals surface area contributed by atoms with Gasteiger partial charge in [0.1, 0.15) is 0 Å². The molecule has 0 spiro atoms. The third kappa shape index (κ3) is 5.13. The SMILES string of the molecule is CC(C)N(CCCn1cc(N)ccc1=O)CC(N)=O. The number of hydrogen-bond donors (Lipinski definition) is 2. The van der Waals surface area contributed by atoms with Crippen LogP contribution in [0.1, 0.15) is 20.3 Å². The summed E-state index contributed by atoms with van der Waals surface area (Å²) in [4.78, 5) is 24.5. The predicted molar refractivity (Wildman–Crippen MR) is 75.6 cm³/mol. The molecule has 106 valence electrons. The lowest BCUT2D eigenvalue weighted by Gasteiger charge is -2.24. The van der Waals surface area contributed by atoms with E-state index < -0.39 is 0 Å². The second-order valence-electron chi connectivity index (χ2n) is 4.88. The second kappa shape index (κ2) is 6.94. The Balaban J connectivity index is 2.54. The molecule has 1 rings (SSSR count). The molecule has 0 aromatic carbocycles. The van der Waals surface area contributed by atoms with Gasteiger partial charge >= 0.3 is 0 Å². The Kier molecular flexibility index (Phi) is 5.57. The maximum Gasteiger partial charge on any atom is 0.250 e. The average molecular weight is 266 g/mol. The number of pyridine rings is 1. The number of aromatic nitrogens is 1. The standard InChI is InChI=1S/C13H22N4O2/c1-10(2)16(9-12(15)18)6-3-7-17-8-11(14)4-5-13(17)19/h4-5,8,10H,3,6-7,9,14H2,1-2H3,(H2,15,18). The molecule has 19 heavy (non-hydrogen) atoms. The molecule has 1 heterocycles. The summed E-state index contributed by atoms with van der Waals surface area (Å²) in [6.07, 6.45) is 2.39. The Labute approximate surface area is 113 Å². The number of amides is 1. The van der Waals surface area contributed by atoms with Gasteiger partial charge in [0.2, 0.25) is 5.91 Å². The fourth-order valence-electron chi connectivity index (χ4n) is 1.89. The summed E-state index contributed by atoms with van der Waals surface area (Å²) >= 11 is 0. The van der Waals surface area contributed by atoms with Gasteiger partial charge in [-0.05, 0) is 26.3 Å². The number of primary amides is 1. The van der Waals surface area contributed by atoms with E-state index in [1.807, 2.05) is 18.7 Å². The zero-order valence-electron chi connectivity index (χ0n) is 11.5. The molecular weight excluding hydrogens is 244 g/mol. The molecule has 0 atom stereocenters. The van der Waals surface area contributed by atoms with Gasteiger partial charge in [0, 0.05) is 37.1 Å². The zero-order chi connectivity index (χ0) is 14.4. The van der Waals surface area contributed by atoms with Crippen molar-refractivity contribution in [2.45, 2.75) is 32.9 Å². The van der Waals surface area contributed by atoms with Crippen LogP contribution in [0.2, 0.25) is 0 Å². The molecule has 0 radical (unpaired) electrons. The van der Waals surface area contributed by atoms with Crippen molar-refractivity contribution in [2.24, 2.45) is 5.73 Å². The Bertz CT molecular complexity index is 482. The van der Waals surface area contributed by atoms with Gasteiger partial charge in [-0.2, -0.15) is 0 Å². The molecule has 0 bridgehead atoms. The summed E-state index contributed by atoms with van der Waals surface area (Å²) in [6, 6.07) is 3.29. The van der Waals surface area contributed by atoms with Gasteiger partial charge < -0.3 is 16.0 Å². The monoisotopic (exact) mass is 266 g/mol. The molecule has 1 amide bonds. The zero-order valence-corrected chi connectivity index (χ0v) is 11.5. The molecule has 0 unspecified atom stereocenters. The molecule has 0 saturated heterocycles. The summed E-state index contributed by atoms with van der Waals surface area (Å²) in [6.45, 7) is 5.54. The third-order valence-electron chi connectivity index (χ3n) is 2.94. The molecule has 1 aromatic heterocycles. The quantitative estimate of drug-likeness (QED) is 0.727. The molecule has 0 aliphatic rings. The predicted octanol–water partition coefficient (Wildman–Crippen LogP) is 0.0163. The lowest BCUT2D eigenvalue weighted by molar-refractivity contribution is -0.119. The van der Waals surface area contributed by atoms with Gasteiger partial charge in [-0.1, -0.05) is 0 Å². The fourth-order valence-corrected chi connectivity index (χ4v) is 1.89. The second-order valence-corrected chi connectivity index (χ2v) is 4.88. The maximum atomic E-state index is 11.6. The largest absolute Gasteiger partial charge is 0.398 e. The molecule has 0 fully saturated rings. The van der Waals surface area contributed by atoms with E-state index in [0.29, 0.717) is 18.8 Å². The van der Waals surface area contributed by atoms with E-state index in [0.717, 1.165) is 6.42 Å². The minimum absolute atomic E-state index is 0.0693. The van der Waals surface area contributed by atoms with Gasteiger partial charge in [-0.3, -0.25) is 14.5 Å². The molecule has 0 saturated carbocycles. The normalized spacial score (nSPS) is 11.2. The van der Waals surface area contributed by atoms with E-state index in [2.05, 4.69) is 0 Å². The Morgan fingerprint density at radius 1 is 1.42 bits per heavy atom. The summed E-state index contributed by atoms with van der Waals surface area (Å²) in [5, 5.41) is 0. The van der Waals surface area contributed by atoms with Gasteiger partial charge in [0.15, 0.2) is 0 Å². The van der Waals surface area contributed by atoms with Gasteiger partial charge in [0.25, 0.3) is 5.56 Å². The number of carbonyl (C=O) groups is 1. The first-order valence-electron chi connectivity index (χ1n) is 6.38. The van der Waals surface area contributed by atoms with Crippen molar-refractivity contribution in [2.75, 3.05) is 18.8 Å². The van der Waals surface area contributed by atoms with Crippen LogP contribution >= 0.6 is 0 Å². The van der Waals surface area contributed by atoms with E-state index in [4.69, 9.17) is 11.5 Å². The van der Waals surface area contributed by atoms with Crippen LogP contribution in [0.15, 0.2) is 23.1 Å². The van der Waals surface area contributed by atoms with Crippen LogP contribution in [0, 0.1) is 0 Å².